The zero-order valence-corrected chi connectivity index (χ0v) is 16.9. The highest BCUT2D eigenvalue weighted by atomic mass is 19.1. The van der Waals surface area contributed by atoms with Gasteiger partial charge in [-0.1, -0.05) is 18.2 Å². The van der Waals surface area contributed by atoms with Crippen LogP contribution in [0, 0.1) is 19.7 Å². The van der Waals surface area contributed by atoms with Gasteiger partial charge in [0.15, 0.2) is 0 Å². The van der Waals surface area contributed by atoms with Crippen LogP contribution >= 0.6 is 0 Å². The number of halogens is 1. The van der Waals surface area contributed by atoms with Crippen LogP contribution in [0.1, 0.15) is 30.0 Å². The van der Waals surface area contributed by atoms with E-state index in [1.165, 1.54) is 29.2 Å². The SMILES string of the molecule is CCOCCCN1C(=O)C(Nc2ccc(F)cc2)=C(c2ccc(C)c(C)c2)C1=O. The molecule has 29 heavy (non-hydrogen) atoms. The largest absolute Gasteiger partial charge is 0.382 e. The van der Waals surface area contributed by atoms with Crippen molar-refractivity contribution in [1.82, 2.24) is 4.90 Å². The van der Waals surface area contributed by atoms with Crippen molar-refractivity contribution in [3.8, 4) is 0 Å². The van der Waals surface area contributed by atoms with Crippen molar-refractivity contribution in [2.75, 3.05) is 25.1 Å². The average Bonchev–Trinajstić information content (AvgIpc) is 2.93. The molecule has 1 aliphatic heterocycles. The fraction of sp³-hybridized carbons (Fsp3) is 0.304. The Morgan fingerprint density at radius 1 is 1.00 bits per heavy atom. The van der Waals surface area contributed by atoms with E-state index in [9.17, 15) is 14.0 Å². The molecule has 0 saturated heterocycles. The average molecular weight is 396 g/mol. The summed E-state index contributed by atoms with van der Waals surface area (Å²) in [6.07, 6.45) is 0.565. The number of anilines is 1. The predicted octanol–water partition coefficient (Wildman–Crippen LogP) is 4.06. The molecule has 0 spiro atoms. The first-order valence-electron chi connectivity index (χ1n) is 9.70. The normalized spacial score (nSPS) is 14.1. The maximum atomic E-state index is 13.2. The van der Waals surface area contributed by atoms with Crippen molar-refractivity contribution in [1.29, 1.82) is 0 Å². The number of imide groups is 1. The van der Waals surface area contributed by atoms with E-state index in [0.717, 1.165) is 11.1 Å². The van der Waals surface area contributed by atoms with E-state index >= 15 is 0 Å². The molecule has 6 heteroatoms. The summed E-state index contributed by atoms with van der Waals surface area (Å²) in [6.45, 7) is 7.20. The number of nitrogens with one attached hydrogen (secondary N) is 1. The fourth-order valence-corrected chi connectivity index (χ4v) is 3.21. The van der Waals surface area contributed by atoms with Crippen LogP contribution in [-0.2, 0) is 14.3 Å². The van der Waals surface area contributed by atoms with Crippen molar-refractivity contribution < 1.29 is 18.7 Å². The Hall–Kier alpha value is -2.99. The van der Waals surface area contributed by atoms with E-state index in [0.29, 0.717) is 36.5 Å². The second kappa shape index (κ2) is 9.01. The van der Waals surface area contributed by atoms with Gasteiger partial charge >= 0.3 is 0 Å². The van der Waals surface area contributed by atoms with Gasteiger partial charge in [-0.3, -0.25) is 14.5 Å². The Labute approximate surface area is 170 Å². The second-order valence-electron chi connectivity index (χ2n) is 6.99. The highest BCUT2D eigenvalue weighted by Gasteiger charge is 2.38. The van der Waals surface area contributed by atoms with Crippen molar-refractivity contribution in [2.24, 2.45) is 0 Å². The van der Waals surface area contributed by atoms with Gasteiger partial charge in [-0.05, 0) is 68.1 Å². The van der Waals surface area contributed by atoms with E-state index in [-0.39, 0.29) is 29.9 Å². The van der Waals surface area contributed by atoms with E-state index in [1.807, 2.05) is 39.0 Å². The van der Waals surface area contributed by atoms with Gasteiger partial charge in [-0.25, -0.2) is 4.39 Å². The van der Waals surface area contributed by atoms with Gasteiger partial charge in [0.25, 0.3) is 11.8 Å². The van der Waals surface area contributed by atoms with Gasteiger partial charge in [0.2, 0.25) is 0 Å². The maximum absolute atomic E-state index is 13.2. The summed E-state index contributed by atoms with van der Waals surface area (Å²) in [6, 6.07) is 11.4. The molecule has 2 aromatic carbocycles. The molecule has 2 amide bonds. The summed E-state index contributed by atoms with van der Waals surface area (Å²) in [5, 5.41) is 3.03. The zero-order chi connectivity index (χ0) is 21.0. The fourth-order valence-electron chi connectivity index (χ4n) is 3.21. The topological polar surface area (TPSA) is 58.6 Å². The second-order valence-corrected chi connectivity index (χ2v) is 6.99. The van der Waals surface area contributed by atoms with Crippen LogP contribution in [0.3, 0.4) is 0 Å². The van der Waals surface area contributed by atoms with Crippen LogP contribution in [0.5, 0.6) is 0 Å². The van der Waals surface area contributed by atoms with Gasteiger partial charge in [-0.15, -0.1) is 0 Å². The Morgan fingerprint density at radius 3 is 2.38 bits per heavy atom. The molecule has 0 atom stereocenters. The highest BCUT2D eigenvalue weighted by Crippen LogP contribution is 2.31. The smallest absolute Gasteiger partial charge is 0.278 e. The van der Waals surface area contributed by atoms with Gasteiger partial charge in [-0.2, -0.15) is 0 Å². The summed E-state index contributed by atoms with van der Waals surface area (Å²) in [5.74, 6) is -1.09. The maximum Gasteiger partial charge on any atom is 0.278 e. The Morgan fingerprint density at radius 2 is 1.72 bits per heavy atom. The van der Waals surface area contributed by atoms with Crippen molar-refractivity contribution in [3.05, 3.63) is 70.7 Å². The minimum absolute atomic E-state index is 0.210. The summed E-state index contributed by atoms with van der Waals surface area (Å²) >= 11 is 0. The van der Waals surface area contributed by atoms with Crippen LogP contribution in [-0.4, -0.2) is 36.5 Å². The van der Waals surface area contributed by atoms with Crippen LogP contribution in [0.15, 0.2) is 48.2 Å². The van der Waals surface area contributed by atoms with Gasteiger partial charge < -0.3 is 10.1 Å². The molecule has 2 aromatic rings. The molecule has 1 aliphatic rings. The monoisotopic (exact) mass is 396 g/mol. The van der Waals surface area contributed by atoms with Crippen LogP contribution < -0.4 is 5.32 Å². The Kier molecular flexibility index (Phi) is 6.44. The number of benzene rings is 2. The van der Waals surface area contributed by atoms with E-state index in [2.05, 4.69) is 5.32 Å². The number of amides is 2. The standard InChI is InChI=1S/C23H25FN2O3/c1-4-29-13-5-12-26-22(27)20(17-7-6-15(2)16(3)14-17)21(23(26)28)25-19-10-8-18(24)9-11-19/h6-11,14,25H,4-5,12-13H2,1-3H3. The molecule has 0 radical (unpaired) electrons. The summed E-state index contributed by atoms with van der Waals surface area (Å²) in [7, 11) is 0. The number of hydrogen-bond donors (Lipinski definition) is 1. The lowest BCUT2D eigenvalue weighted by molar-refractivity contribution is -0.137. The third kappa shape index (κ3) is 4.54. The lowest BCUT2D eigenvalue weighted by Gasteiger charge is -2.15. The number of carbonyl (C=O) groups excluding carboxylic acids is 2. The van der Waals surface area contributed by atoms with Gasteiger partial charge in [0, 0.05) is 25.4 Å². The van der Waals surface area contributed by atoms with Gasteiger partial charge in [0.1, 0.15) is 11.5 Å². The van der Waals surface area contributed by atoms with E-state index < -0.39 is 0 Å². The van der Waals surface area contributed by atoms with Gasteiger partial charge in [0.05, 0.1) is 5.57 Å². The van der Waals surface area contributed by atoms with Crippen molar-refractivity contribution >= 4 is 23.1 Å². The first-order valence-corrected chi connectivity index (χ1v) is 9.70. The summed E-state index contributed by atoms with van der Waals surface area (Å²) < 4.78 is 18.6. The Bertz CT molecular complexity index is 951. The molecule has 0 bridgehead atoms. The van der Waals surface area contributed by atoms with Crippen LogP contribution in [0.2, 0.25) is 0 Å². The zero-order valence-electron chi connectivity index (χ0n) is 16.9. The molecular weight excluding hydrogens is 371 g/mol. The molecular formula is C23H25FN2O3. The number of aryl methyl sites for hydroxylation is 2. The lowest BCUT2D eigenvalue weighted by Crippen LogP contribution is -2.34. The molecule has 0 fully saturated rings. The molecule has 0 unspecified atom stereocenters. The number of hydrogen-bond acceptors (Lipinski definition) is 4. The molecule has 0 saturated carbocycles. The molecule has 1 N–H and O–H groups in total. The number of rotatable bonds is 8. The first-order chi connectivity index (χ1) is 13.9. The van der Waals surface area contributed by atoms with Crippen molar-refractivity contribution in [2.45, 2.75) is 27.2 Å². The van der Waals surface area contributed by atoms with Crippen LogP contribution in [0.25, 0.3) is 5.57 Å². The van der Waals surface area contributed by atoms with E-state index in [4.69, 9.17) is 4.74 Å². The molecule has 5 nitrogen and oxygen atoms in total. The summed E-state index contributed by atoms with van der Waals surface area (Å²) in [4.78, 5) is 27.4. The third-order valence-electron chi connectivity index (χ3n) is 4.95. The molecule has 1 heterocycles. The molecule has 3 rings (SSSR count). The molecule has 152 valence electrons. The first kappa shape index (κ1) is 20.7. The highest BCUT2D eigenvalue weighted by molar-refractivity contribution is 6.36. The minimum atomic E-state index is -0.385. The minimum Gasteiger partial charge on any atom is -0.382 e. The third-order valence-corrected chi connectivity index (χ3v) is 4.95. The Balaban J connectivity index is 1.96. The number of nitrogens with zero attached hydrogens (tertiary/aromatic N) is 1. The predicted molar refractivity (Wildman–Crippen MR) is 111 cm³/mol. The lowest BCUT2D eigenvalue weighted by atomic mass is 9.99. The van der Waals surface area contributed by atoms with Crippen molar-refractivity contribution in [3.63, 3.8) is 0 Å². The quantitative estimate of drug-likeness (QED) is 0.540. The number of carbonyl (C=O) groups is 2. The number of ether oxygens (including phenoxy) is 1. The van der Waals surface area contributed by atoms with Crippen LogP contribution in [0.4, 0.5) is 10.1 Å². The molecule has 0 aromatic heterocycles. The molecule has 0 aliphatic carbocycles. The van der Waals surface area contributed by atoms with E-state index in [1.54, 1.807) is 0 Å². The summed E-state index contributed by atoms with van der Waals surface area (Å²) in [5.41, 5.74) is 3.91.